The summed E-state index contributed by atoms with van der Waals surface area (Å²) in [6, 6.07) is 9.85. The van der Waals surface area contributed by atoms with Crippen molar-refractivity contribution in [3.63, 3.8) is 0 Å². The molecule has 0 aliphatic carbocycles. The maximum atomic E-state index is 13.0. The maximum Gasteiger partial charge on any atom is 0.223 e. The summed E-state index contributed by atoms with van der Waals surface area (Å²) in [6.45, 7) is 2.71. The molecule has 25 heavy (non-hydrogen) atoms. The van der Waals surface area contributed by atoms with Crippen LogP contribution < -0.4 is 0 Å². The van der Waals surface area contributed by atoms with Crippen LogP contribution in [0.1, 0.15) is 56.0 Å². The maximum absolute atomic E-state index is 13.0. The molecule has 1 saturated heterocycles. The molecule has 0 saturated carbocycles. The molecule has 0 spiro atoms. The molecule has 0 radical (unpaired) electrons. The van der Waals surface area contributed by atoms with Crippen LogP contribution in [0.2, 0.25) is 0 Å². The van der Waals surface area contributed by atoms with E-state index in [1.54, 1.807) is 30.5 Å². The van der Waals surface area contributed by atoms with Crippen LogP contribution >= 0.6 is 0 Å². The minimum atomic E-state index is -0.692. The van der Waals surface area contributed by atoms with Gasteiger partial charge < -0.3 is 14.4 Å². The van der Waals surface area contributed by atoms with Crippen LogP contribution in [0.25, 0.3) is 0 Å². The molecule has 1 aromatic carbocycles. The second-order valence-electron chi connectivity index (χ2n) is 6.81. The number of furan rings is 1. The number of hydrogen-bond acceptors (Lipinski definition) is 3. The molecule has 1 N–H and O–H groups in total. The first-order valence-electron chi connectivity index (χ1n) is 8.81. The molecule has 4 nitrogen and oxygen atoms in total. The molecule has 1 aromatic heterocycles. The first-order chi connectivity index (χ1) is 12.0. The molecule has 3 unspecified atom stereocenters. The van der Waals surface area contributed by atoms with Crippen LogP contribution in [0.5, 0.6) is 0 Å². The van der Waals surface area contributed by atoms with E-state index in [9.17, 15) is 14.3 Å². The number of amides is 1. The number of carbonyl (C=O) groups excluding carboxylic acids is 1. The van der Waals surface area contributed by atoms with E-state index in [0.29, 0.717) is 18.6 Å². The van der Waals surface area contributed by atoms with E-state index in [4.69, 9.17) is 4.42 Å². The van der Waals surface area contributed by atoms with Gasteiger partial charge in [-0.05, 0) is 48.6 Å². The first-order valence-corrected chi connectivity index (χ1v) is 8.81. The van der Waals surface area contributed by atoms with Crippen LogP contribution in [-0.2, 0) is 4.79 Å². The third kappa shape index (κ3) is 4.28. The summed E-state index contributed by atoms with van der Waals surface area (Å²) >= 11 is 0. The van der Waals surface area contributed by atoms with Crippen molar-refractivity contribution in [1.82, 2.24) is 4.90 Å². The first kappa shape index (κ1) is 17.7. The fourth-order valence-corrected chi connectivity index (χ4v) is 3.55. The molecule has 1 aliphatic rings. The van der Waals surface area contributed by atoms with Gasteiger partial charge in [-0.15, -0.1) is 0 Å². The molecule has 2 heterocycles. The lowest BCUT2D eigenvalue weighted by Gasteiger charge is -2.27. The molecule has 1 amide bonds. The minimum absolute atomic E-state index is 0.0318. The smallest absolute Gasteiger partial charge is 0.223 e. The Morgan fingerprint density at radius 3 is 2.80 bits per heavy atom. The molecule has 134 valence electrons. The average Bonchev–Trinajstić information content (AvgIpc) is 3.27. The highest BCUT2D eigenvalue weighted by Crippen LogP contribution is 2.29. The molecule has 1 aliphatic heterocycles. The minimum Gasteiger partial charge on any atom is -0.467 e. The van der Waals surface area contributed by atoms with E-state index in [1.165, 1.54) is 12.1 Å². The van der Waals surface area contributed by atoms with Gasteiger partial charge in [-0.1, -0.05) is 19.1 Å². The zero-order valence-corrected chi connectivity index (χ0v) is 14.4. The Bertz CT molecular complexity index is 683. The second-order valence-corrected chi connectivity index (χ2v) is 6.81. The lowest BCUT2D eigenvalue weighted by atomic mass is 9.96. The number of aliphatic hydroxyl groups is 1. The summed E-state index contributed by atoms with van der Waals surface area (Å²) in [5.74, 6) is 0.392. The Labute approximate surface area is 147 Å². The van der Waals surface area contributed by atoms with Crippen molar-refractivity contribution < 1.29 is 18.7 Å². The SMILES string of the molecule is CC(CC(=O)N1CCCC1CC(O)c1ccco1)c1ccc(F)cc1. The Hall–Kier alpha value is -2.14. The average molecular weight is 345 g/mol. The number of carbonyl (C=O) groups is 1. The number of benzene rings is 1. The van der Waals surface area contributed by atoms with Crippen molar-refractivity contribution in [2.24, 2.45) is 0 Å². The molecule has 1 fully saturated rings. The Morgan fingerprint density at radius 2 is 2.12 bits per heavy atom. The third-order valence-electron chi connectivity index (χ3n) is 4.98. The number of likely N-dealkylation sites (tertiary alicyclic amines) is 1. The van der Waals surface area contributed by atoms with Crippen LogP contribution in [0, 0.1) is 5.82 Å². The summed E-state index contributed by atoms with van der Waals surface area (Å²) in [7, 11) is 0. The summed E-state index contributed by atoms with van der Waals surface area (Å²) in [6.07, 6.45) is 3.58. The predicted octanol–water partition coefficient (Wildman–Crippen LogP) is 4.03. The monoisotopic (exact) mass is 345 g/mol. The molecule has 5 heteroatoms. The van der Waals surface area contributed by atoms with Gasteiger partial charge >= 0.3 is 0 Å². The van der Waals surface area contributed by atoms with Crippen molar-refractivity contribution in [3.8, 4) is 0 Å². The second kappa shape index (κ2) is 7.83. The fourth-order valence-electron chi connectivity index (χ4n) is 3.55. The highest BCUT2D eigenvalue weighted by atomic mass is 19.1. The van der Waals surface area contributed by atoms with Crippen LogP contribution in [-0.4, -0.2) is 28.5 Å². The zero-order valence-electron chi connectivity index (χ0n) is 14.4. The number of nitrogens with zero attached hydrogens (tertiary/aromatic N) is 1. The molecule has 2 aromatic rings. The largest absolute Gasteiger partial charge is 0.467 e. The highest BCUT2D eigenvalue weighted by Gasteiger charge is 2.31. The topological polar surface area (TPSA) is 53.7 Å². The van der Waals surface area contributed by atoms with Crippen LogP contribution in [0.15, 0.2) is 47.1 Å². The molecular weight excluding hydrogens is 321 g/mol. The van der Waals surface area contributed by atoms with Crippen molar-refractivity contribution in [1.29, 1.82) is 0 Å². The molecular formula is C20H24FNO3. The van der Waals surface area contributed by atoms with E-state index in [2.05, 4.69) is 0 Å². The van der Waals surface area contributed by atoms with Gasteiger partial charge in [0.05, 0.1) is 6.26 Å². The quantitative estimate of drug-likeness (QED) is 0.860. The van der Waals surface area contributed by atoms with Crippen LogP contribution in [0.3, 0.4) is 0 Å². The van der Waals surface area contributed by atoms with E-state index >= 15 is 0 Å². The van der Waals surface area contributed by atoms with E-state index in [1.807, 2.05) is 11.8 Å². The van der Waals surface area contributed by atoms with Gasteiger partial charge in [0.1, 0.15) is 17.7 Å². The molecule has 3 atom stereocenters. The highest BCUT2D eigenvalue weighted by molar-refractivity contribution is 5.77. The van der Waals surface area contributed by atoms with Gasteiger partial charge in [-0.25, -0.2) is 4.39 Å². The van der Waals surface area contributed by atoms with Gasteiger partial charge in [0.15, 0.2) is 0 Å². The van der Waals surface area contributed by atoms with Gasteiger partial charge in [0.25, 0.3) is 0 Å². The number of aliphatic hydroxyl groups excluding tert-OH is 1. The number of rotatable bonds is 6. The van der Waals surface area contributed by atoms with E-state index in [0.717, 1.165) is 24.9 Å². The van der Waals surface area contributed by atoms with Crippen molar-refractivity contribution >= 4 is 5.91 Å². The van der Waals surface area contributed by atoms with E-state index in [-0.39, 0.29) is 23.7 Å². The molecule has 3 rings (SSSR count). The van der Waals surface area contributed by atoms with Gasteiger partial charge in [0.2, 0.25) is 5.91 Å². The van der Waals surface area contributed by atoms with Crippen molar-refractivity contribution in [3.05, 3.63) is 59.8 Å². The number of hydrogen-bond donors (Lipinski definition) is 1. The van der Waals surface area contributed by atoms with Gasteiger partial charge in [0, 0.05) is 25.4 Å². The number of halogens is 1. The lowest BCUT2D eigenvalue weighted by Crippen LogP contribution is -2.37. The van der Waals surface area contributed by atoms with Crippen molar-refractivity contribution in [2.45, 2.75) is 50.7 Å². The van der Waals surface area contributed by atoms with Crippen molar-refractivity contribution in [2.75, 3.05) is 6.54 Å². The van der Waals surface area contributed by atoms with E-state index < -0.39 is 6.10 Å². The van der Waals surface area contributed by atoms with Crippen LogP contribution in [0.4, 0.5) is 4.39 Å². The predicted molar refractivity (Wildman–Crippen MR) is 92.5 cm³/mol. The Kier molecular flexibility index (Phi) is 5.53. The van der Waals surface area contributed by atoms with Gasteiger partial charge in [-0.2, -0.15) is 0 Å². The Morgan fingerprint density at radius 1 is 1.36 bits per heavy atom. The summed E-state index contributed by atoms with van der Waals surface area (Å²) < 4.78 is 18.3. The summed E-state index contributed by atoms with van der Waals surface area (Å²) in [5.41, 5.74) is 0.959. The summed E-state index contributed by atoms with van der Waals surface area (Å²) in [4.78, 5) is 14.6. The summed E-state index contributed by atoms with van der Waals surface area (Å²) in [5, 5.41) is 10.3. The lowest BCUT2D eigenvalue weighted by molar-refractivity contribution is -0.132. The Balaban J connectivity index is 1.59. The normalized spacial score (nSPS) is 19.8. The zero-order chi connectivity index (χ0) is 17.8. The fraction of sp³-hybridized carbons (Fsp3) is 0.450. The third-order valence-corrected chi connectivity index (χ3v) is 4.98. The molecule has 0 bridgehead atoms. The van der Waals surface area contributed by atoms with Gasteiger partial charge in [-0.3, -0.25) is 4.79 Å². The standard InChI is InChI=1S/C20H24FNO3/c1-14(15-6-8-16(21)9-7-15)12-20(24)22-10-2-4-17(22)13-18(23)19-5-3-11-25-19/h3,5-9,11,14,17-18,23H,2,4,10,12-13H2,1H3.